The van der Waals surface area contributed by atoms with Crippen molar-refractivity contribution in [3.05, 3.63) is 29.8 Å². The maximum atomic E-state index is 5.21. The van der Waals surface area contributed by atoms with Crippen LogP contribution in [0.1, 0.15) is 31.1 Å². The summed E-state index contributed by atoms with van der Waals surface area (Å²) in [6.45, 7) is 7.01. The van der Waals surface area contributed by atoms with E-state index in [0.717, 1.165) is 5.75 Å². The van der Waals surface area contributed by atoms with Crippen LogP contribution >= 0.6 is 11.8 Å². The zero-order chi connectivity index (χ0) is 13.0. The second kappa shape index (κ2) is 6.48. The highest BCUT2D eigenvalue weighted by Gasteiger charge is 2.20. The third-order valence-electron chi connectivity index (χ3n) is 3.59. The predicted molar refractivity (Wildman–Crippen MR) is 79.5 cm³/mol. The van der Waals surface area contributed by atoms with Gasteiger partial charge in [0.1, 0.15) is 5.75 Å². The van der Waals surface area contributed by atoms with Gasteiger partial charge in [-0.25, -0.2) is 0 Å². The summed E-state index contributed by atoms with van der Waals surface area (Å²) in [6.07, 6.45) is 1.25. The summed E-state index contributed by atoms with van der Waals surface area (Å²) < 4.78 is 5.21. The minimum absolute atomic E-state index is 0.639. The molecule has 0 N–H and O–H groups in total. The molecule has 1 fully saturated rings. The van der Waals surface area contributed by atoms with Gasteiger partial charge in [0.15, 0.2) is 0 Å². The molecule has 1 aromatic carbocycles. The van der Waals surface area contributed by atoms with E-state index in [-0.39, 0.29) is 0 Å². The maximum Gasteiger partial charge on any atom is 0.118 e. The van der Waals surface area contributed by atoms with E-state index in [4.69, 9.17) is 4.74 Å². The van der Waals surface area contributed by atoms with Crippen LogP contribution in [0.5, 0.6) is 5.75 Å². The third-order valence-corrected chi connectivity index (χ3v) is 4.92. The lowest BCUT2D eigenvalue weighted by atomic mass is 10.1. The highest BCUT2D eigenvalue weighted by molar-refractivity contribution is 7.99. The summed E-state index contributed by atoms with van der Waals surface area (Å²) in [4.78, 5) is 2.58. The molecular weight excluding hydrogens is 242 g/mol. The first-order chi connectivity index (χ1) is 8.70. The molecule has 1 saturated heterocycles. The Morgan fingerprint density at radius 3 is 2.56 bits per heavy atom. The lowest BCUT2D eigenvalue weighted by Gasteiger charge is -2.23. The van der Waals surface area contributed by atoms with Crippen LogP contribution in [0, 0.1) is 0 Å². The number of thioether (sulfide) groups is 1. The van der Waals surface area contributed by atoms with Gasteiger partial charge < -0.3 is 9.64 Å². The van der Waals surface area contributed by atoms with Crippen molar-refractivity contribution in [2.75, 3.05) is 26.0 Å². The molecule has 1 aliphatic rings. The predicted octanol–water partition coefficient (Wildman–Crippen LogP) is 3.58. The van der Waals surface area contributed by atoms with Gasteiger partial charge in [-0.3, -0.25) is 0 Å². The van der Waals surface area contributed by atoms with Gasteiger partial charge in [0.05, 0.1) is 7.11 Å². The van der Waals surface area contributed by atoms with Crippen molar-refractivity contribution in [2.24, 2.45) is 0 Å². The number of ether oxygens (including phenoxy) is 1. The van der Waals surface area contributed by atoms with E-state index >= 15 is 0 Å². The summed E-state index contributed by atoms with van der Waals surface area (Å²) >= 11 is 2.09. The Hall–Kier alpha value is -0.670. The molecular formula is C15H23NOS. The Balaban J connectivity index is 2.00. The fourth-order valence-electron chi connectivity index (χ4n) is 2.39. The van der Waals surface area contributed by atoms with Crippen molar-refractivity contribution in [1.29, 1.82) is 0 Å². The molecule has 0 aliphatic carbocycles. The zero-order valence-electron chi connectivity index (χ0n) is 11.6. The van der Waals surface area contributed by atoms with Crippen molar-refractivity contribution in [2.45, 2.75) is 31.6 Å². The molecule has 1 unspecified atom stereocenters. The number of methoxy groups -OCH3 is 1. The van der Waals surface area contributed by atoms with Crippen LogP contribution in [0.4, 0.5) is 0 Å². The Bertz CT molecular complexity index is 363. The highest BCUT2D eigenvalue weighted by Crippen LogP contribution is 2.35. The van der Waals surface area contributed by atoms with Crippen LogP contribution in [0.2, 0.25) is 0 Å². The van der Waals surface area contributed by atoms with E-state index in [1.165, 1.54) is 30.8 Å². The molecule has 1 aromatic rings. The van der Waals surface area contributed by atoms with Crippen LogP contribution < -0.4 is 4.74 Å². The third kappa shape index (κ3) is 3.42. The molecule has 18 heavy (non-hydrogen) atoms. The molecule has 1 atom stereocenters. The number of benzene rings is 1. The highest BCUT2D eigenvalue weighted by atomic mass is 32.2. The van der Waals surface area contributed by atoms with Crippen molar-refractivity contribution < 1.29 is 4.74 Å². The topological polar surface area (TPSA) is 12.5 Å². The standard InChI is InChI=1S/C15H23NOS/c1-12(2)16-9-8-15(18-11-10-16)13-4-6-14(17-3)7-5-13/h4-7,12,15H,8-11H2,1-3H3. The summed E-state index contributed by atoms with van der Waals surface area (Å²) in [5, 5.41) is 0.639. The first-order valence-electron chi connectivity index (χ1n) is 6.70. The summed E-state index contributed by atoms with van der Waals surface area (Å²) in [5.41, 5.74) is 1.44. The minimum Gasteiger partial charge on any atom is -0.497 e. The maximum absolute atomic E-state index is 5.21. The van der Waals surface area contributed by atoms with Gasteiger partial charge in [-0.2, -0.15) is 11.8 Å². The molecule has 0 amide bonds. The average Bonchev–Trinajstić information content (AvgIpc) is 2.64. The minimum atomic E-state index is 0.639. The Labute approximate surface area is 115 Å². The summed E-state index contributed by atoms with van der Waals surface area (Å²) in [7, 11) is 1.72. The number of hydrogen-bond acceptors (Lipinski definition) is 3. The SMILES string of the molecule is COc1ccc(C2CCN(C(C)C)CCS2)cc1. The molecule has 0 bridgehead atoms. The van der Waals surface area contributed by atoms with Gasteiger partial charge >= 0.3 is 0 Å². The van der Waals surface area contributed by atoms with E-state index in [0.29, 0.717) is 11.3 Å². The number of rotatable bonds is 3. The largest absolute Gasteiger partial charge is 0.497 e. The fraction of sp³-hybridized carbons (Fsp3) is 0.600. The van der Waals surface area contributed by atoms with Crippen LogP contribution in [-0.4, -0.2) is 36.9 Å². The molecule has 0 aromatic heterocycles. The van der Waals surface area contributed by atoms with E-state index < -0.39 is 0 Å². The molecule has 100 valence electrons. The summed E-state index contributed by atoms with van der Waals surface area (Å²) in [6, 6.07) is 9.23. The van der Waals surface area contributed by atoms with Crippen molar-refractivity contribution in [1.82, 2.24) is 4.90 Å². The van der Waals surface area contributed by atoms with E-state index in [1.807, 2.05) is 0 Å². The van der Waals surface area contributed by atoms with Gasteiger partial charge in [0, 0.05) is 23.6 Å². The molecule has 2 rings (SSSR count). The van der Waals surface area contributed by atoms with Gasteiger partial charge in [-0.05, 0) is 44.5 Å². The Morgan fingerprint density at radius 2 is 1.94 bits per heavy atom. The van der Waals surface area contributed by atoms with Gasteiger partial charge in [-0.15, -0.1) is 0 Å². The smallest absolute Gasteiger partial charge is 0.118 e. The van der Waals surface area contributed by atoms with Crippen molar-refractivity contribution in [3.8, 4) is 5.75 Å². The quantitative estimate of drug-likeness (QED) is 0.829. The van der Waals surface area contributed by atoms with Gasteiger partial charge in [0.2, 0.25) is 0 Å². The van der Waals surface area contributed by atoms with Crippen LogP contribution in [0.15, 0.2) is 24.3 Å². The molecule has 2 nitrogen and oxygen atoms in total. The van der Waals surface area contributed by atoms with Crippen LogP contribution in [0.3, 0.4) is 0 Å². The average molecular weight is 265 g/mol. The first kappa shape index (κ1) is 13.8. The lowest BCUT2D eigenvalue weighted by Crippen LogP contribution is -2.32. The fourth-order valence-corrected chi connectivity index (χ4v) is 3.63. The monoisotopic (exact) mass is 265 g/mol. The number of nitrogens with zero attached hydrogens (tertiary/aromatic N) is 1. The Morgan fingerprint density at radius 1 is 1.22 bits per heavy atom. The first-order valence-corrected chi connectivity index (χ1v) is 7.75. The zero-order valence-corrected chi connectivity index (χ0v) is 12.4. The normalized spacial score (nSPS) is 21.9. The van der Waals surface area contributed by atoms with Crippen molar-refractivity contribution >= 4 is 11.8 Å². The van der Waals surface area contributed by atoms with Gasteiger partial charge in [-0.1, -0.05) is 12.1 Å². The second-order valence-electron chi connectivity index (χ2n) is 5.05. The molecule has 1 aliphatic heterocycles. The second-order valence-corrected chi connectivity index (χ2v) is 6.36. The van der Waals surface area contributed by atoms with Crippen LogP contribution in [0.25, 0.3) is 0 Å². The number of hydrogen-bond donors (Lipinski definition) is 0. The van der Waals surface area contributed by atoms with E-state index in [9.17, 15) is 0 Å². The van der Waals surface area contributed by atoms with Gasteiger partial charge in [0.25, 0.3) is 0 Å². The van der Waals surface area contributed by atoms with Crippen LogP contribution in [-0.2, 0) is 0 Å². The molecule has 0 spiro atoms. The molecule has 3 heteroatoms. The van der Waals surface area contributed by atoms with E-state index in [2.05, 4.69) is 54.8 Å². The van der Waals surface area contributed by atoms with Crippen molar-refractivity contribution in [3.63, 3.8) is 0 Å². The Kier molecular flexibility index (Phi) is 4.95. The molecule has 0 radical (unpaired) electrons. The molecule has 0 saturated carbocycles. The lowest BCUT2D eigenvalue weighted by molar-refractivity contribution is 0.236. The van der Waals surface area contributed by atoms with E-state index in [1.54, 1.807) is 7.11 Å². The molecule has 1 heterocycles. The summed E-state index contributed by atoms with van der Waals surface area (Å²) in [5.74, 6) is 2.18.